The van der Waals surface area contributed by atoms with Gasteiger partial charge in [-0.05, 0) is 48.7 Å². The van der Waals surface area contributed by atoms with Gasteiger partial charge in [-0.1, -0.05) is 23.4 Å². The van der Waals surface area contributed by atoms with Gasteiger partial charge in [0.05, 0.1) is 0 Å². The van der Waals surface area contributed by atoms with Gasteiger partial charge in [-0.3, -0.25) is 0 Å². The minimum Gasteiger partial charge on any atom is -0.409 e. The summed E-state index contributed by atoms with van der Waals surface area (Å²) >= 11 is 0. The van der Waals surface area contributed by atoms with E-state index in [4.69, 9.17) is 10.9 Å². The van der Waals surface area contributed by atoms with Gasteiger partial charge in [-0.15, -0.1) is 0 Å². The molecule has 2 aromatic rings. The first-order chi connectivity index (χ1) is 10.0. The van der Waals surface area contributed by atoms with Gasteiger partial charge in [-0.2, -0.15) is 0 Å². The third-order valence-electron chi connectivity index (χ3n) is 3.53. The van der Waals surface area contributed by atoms with Crippen LogP contribution in [-0.2, 0) is 6.54 Å². The summed E-state index contributed by atoms with van der Waals surface area (Å²) in [5.74, 6) is -0.528. The number of benzene rings is 2. The lowest BCUT2D eigenvalue weighted by Crippen LogP contribution is -2.17. The van der Waals surface area contributed by atoms with Crippen LogP contribution in [0.4, 0.5) is 10.1 Å². The number of anilines is 1. The van der Waals surface area contributed by atoms with Crippen LogP contribution >= 0.6 is 0 Å². The predicted molar refractivity (Wildman–Crippen MR) is 82.2 cm³/mol. The lowest BCUT2D eigenvalue weighted by Gasteiger charge is -2.13. The van der Waals surface area contributed by atoms with E-state index >= 15 is 0 Å². The first-order valence-corrected chi connectivity index (χ1v) is 6.59. The van der Waals surface area contributed by atoms with Gasteiger partial charge < -0.3 is 16.3 Å². The average molecular weight is 287 g/mol. The second-order valence-electron chi connectivity index (χ2n) is 4.89. The first-order valence-electron chi connectivity index (χ1n) is 6.59. The minimum atomic E-state index is -0.424. The molecular weight excluding hydrogens is 269 g/mol. The Labute approximate surface area is 123 Å². The van der Waals surface area contributed by atoms with Gasteiger partial charge in [0.15, 0.2) is 5.84 Å². The van der Waals surface area contributed by atoms with Crippen molar-refractivity contribution in [1.29, 1.82) is 0 Å². The maximum absolute atomic E-state index is 13.3. The largest absolute Gasteiger partial charge is 0.409 e. The van der Waals surface area contributed by atoms with Crippen LogP contribution in [0.3, 0.4) is 0 Å². The molecule has 0 aliphatic heterocycles. The highest BCUT2D eigenvalue weighted by Crippen LogP contribution is 2.20. The fraction of sp³-hybridized carbons (Fsp3) is 0.188. The molecule has 0 bridgehead atoms. The van der Waals surface area contributed by atoms with Gasteiger partial charge in [0, 0.05) is 17.8 Å². The number of aryl methyl sites for hydroxylation is 1. The lowest BCUT2D eigenvalue weighted by atomic mass is 10.0. The summed E-state index contributed by atoms with van der Waals surface area (Å²) in [4.78, 5) is 0. The quantitative estimate of drug-likeness (QED) is 0.350. The fourth-order valence-corrected chi connectivity index (χ4v) is 2.13. The topological polar surface area (TPSA) is 70.6 Å². The molecule has 110 valence electrons. The third kappa shape index (κ3) is 3.31. The normalized spacial score (nSPS) is 11.5. The Morgan fingerprint density at radius 3 is 2.76 bits per heavy atom. The molecule has 0 heterocycles. The molecule has 21 heavy (non-hydrogen) atoms. The van der Waals surface area contributed by atoms with Gasteiger partial charge in [0.2, 0.25) is 0 Å². The van der Waals surface area contributed by atoms with Crippen LogP contribution in [-0.4, -0.2) is 11.0 Å². The Bertz CT molecular complexity index is 683. The van der Waals surface area contributed by atoms with Crippen molar-refractivity contribution in [3.63, 3.8) is 0 Å². The molecule has 0 unspecified atom stereocenters. The Balaban J connectivity index is 2.26. The second kappa shape index (κ2) is 6.26. The molecule has 4 nitrogen and oxygen atoms in total. The van der Waals surface area contributed by atoms with E-state index in [1.54, 1.807) is 6.07 Å². The summed E-state index contributed by atoms with van der Waals surface area (Å²) < 4.78 is 13.3. The summed E-state index contributed by atoms with van der Waals surface area (Å²) in [5.41, 5.74) is 10.1. The minimum absolute atomic E-state index is 0.104. The molecule has 0 aliphatic rings. The molecule has 2 aromatic carbocycles. The molecule has 0 fully saturated rings. The van der Waals surface area contributed by atoms with Crippen molar-refractivity contribution in [1.82, 2.24) is 0 Å². The molecule has 0 amide bonds. The van der Waals surface area contributed by atoms with E-state index in [2.05, 4.69) is 10.5 Å². The van der Waals surface area contributed by atoms with Crippen LogP contribution in [0.25, 0.3) is 0 Å². The smallest absolute Gasteiger partial charge is 0.170 e. The van der Waals surface area contributed by atoms with Gasteiger partial charge >= 0.3 is 0 Å². The molecular formula is C16H18FN3O. The molecule has 0 atom stereocenters. The van der Waals surface area contributed by atoms with E-state index < -0.39 is 5.82 Å². The molecule has 0 radical (unpaired) electrons. The number of hydrogen-bond donors (Lipinski definition) is 3. The number of halogens is 1. The zero-order valence-corrected chi connectivity index (χ0v) is 12.0. The van der Waals surface area contributed by atoms with E-state index in [0.717, 1.165) is 16.8 Å². The van der Waals surface area contributed by atoms with Crippen molar-refractivity contribution in [2.24, 2.45) is 10.9 Å². The van der Waals surface area contributed by atoms with Crippen LogP contribution in [0.15, 0.2) is 41.6 Å². The molecule has 2 rings (SSSR count). The van der Waals surface area contributed by atoms with Crippen molar-refractivity contribution in [3.05, 3.63) is 64.5 Å². The molecule has 0 aromatic heterocycles. The van der Waals surface area contributed by atoms with Crippen molar-refractivity contribution in [3.8, 4) is 0 Å². The maximum atomic E-state index is 13.3. The second-order valence-corrected chi connectivity index (χ2v) is 4.89. The predicted octanol–water partition coefficient (Wildman–Crippen LogP) is 3.15. The zero-order chi connectivity index (χ0) is 15.4. The first kappa shape index (κ1) is 14.8. The Morgan fingerprint density at radius 2 is 2.05 bits per heavy atom. The Kier molecular flexibility index (Phi) is 4.42. The monoisotopic (exact) mass is 287 g/mol. The van der Waals surface area contributed by atoms with Crippen LogP contribution < -0.4 is 11.1 Å². The SMILES string of the molecule is Cc1cccc(NCc2ccc(F)cc2C(N)=NO)c1C. The molecule has 4 N–H and O–H groups in total. The average Bonchev–Trinajstić information content (AvgIpc) is 2.49. The molecule has 0 aliphatic carbocycles. The van der Waals surface area contributed by atoms with Crippen LogP contribution in [0.1, 0.15) is 22.3 Å². The van der Waals surface area contributed by atoms with Crippen LogP contribution in [0.2, 0.25) is 0 Å². The van der Waals surface area contributed by atoms with Crippen LogP contribution in [0, 0.1) is 19.7 Å². The van der Waals surface area contributed by atoms with E-state index in [0.29, 0.717) is 12.1 Å². The van der Waals surface area contributed by atoms with Crippen molar-refractivity contribution in [2.45, 2.75) is 20.4 Å². The maximum Gasteiger partial charge on any atom is 0.170 e. The van der Waals surface area contributed by atoms with Crippen molar-refractivity contribution in [2.75, 3.05) is 5.32 Å². The zero-order valence-electron chi connectivity index (χ0n) is 12.0. The summed E-state index contributed by atoms with van der Waals surface area (Å²) in [6.45, 7) is 4.53. The molecule has 0 saturated carbocycles. The summed E-state index contributed by atoms with van der Waals surface area (Å²) in [7, 11) is 0. The summed E-state index contributed by atoms with van der Waals surface area (Å²) in [6.07, 6.45) is 0. The van der Waals surface area contributed by atoms with Gasteiger partial charge in [-0.25, -0.2) is 4.39 Å². The summed E-state index contributed by atoms with van der Waals surface area (Å²) in [5, 5.41) is 15.0. The number of nitrogens with two attached hydrogens (primary N) is 1. The number of oxime groups is 1. The van der Waals surface area contributed by atoms with Crippen LogP contribution in [0.5, 0.6) is 0 Å². The van der Waals surface area contributed by atoms with E-state index in [-0.39, 0.29) is 5.84 Å². The lowest BCUT2D eigenvalue weighted by molar-refractivity contribution is 0.318. The molecule has 0 spiro atoms. The fourth-order valence-electron chi connectivity index (χ4n) is 2.13. The Morgan fingerprint density at radius 1 is 1.29 bits per heavy atom. The van der Waals surface area contributed by atoms with E-state index in [9.17, 15) is 4.39 Å². The van der Waals surface area contributed by atoms with E-state index in [1.807, 2.05) is 32.0 Å². The van der Waals surface area contributed by atoms with Gasteiger partial charge in [0.25, 0.3) is 0 Å². The van der Waals surface area contributed by atoms with Crippen molar-refractivity contribution < 1.29 is 9.60 Å². The number of rotatable bonds is 4. The number of nitrogens with one attached hydrogen (secondary N) is 1. The number of amidine groups is 1. The van der Waals surface area contributed by atoms with Gasteiger partial charge in [0.1, 0.15) is 5.82 Å². The summed E-state index contributed by atoms with van der Waals surface area (Å²) in [6, 6.07) is 10.2. The highest BCUT2D eigenvalue weighted by atomic mass is 19.1. The molecule has 5 heteroatoms. The third-order valence-corrected chi connectivity index (χ3v) is 3.53. The van der Waals surface area contributed by atoms with Crippen molar-refractivity contribution >= 4 is 11.5 Å². The number of hydrogen-bond acceptors (Lipinski definition) is 3. The highest BCUT2D eigenvalue weighted by Gasteiger charge is 2.09. The highest BCUT2D eigenvalue weighted by molar-refractivity contribution is 5.98. The number of nitrogens with zero attached hydrogens (tertiary/aromatic N) is 1. The molecule has 0 saturated heterocycles. The Hall–Kier alpha value is -2.56. The van der Waals surface area contributed by atoms with E-state index in [1.165, 1.54) is 17.7 Å². The standard InChI is InChI=1S/C16H18FN3O/c1-10-4-3-5-15(11(10)2)19-9-12-6-7-13(17)8-14(12)16(18)20-21/h3-8,19,21H,9H2,1-2H3,(H2,18,20).